The smallest absolute Gasteiger partial charge is 0.321 e. The number of benzene rings is 1. The summed E-state index contributed by atoms with van der Waals surface area (Å²) in [5, 5.41) is 6.47. The van der Waals surface area contributed by atoms with E-state index in [2.05, 4.69) is 24.5 Å². The lowest BCUT2D eigenvalue weighted by Crippen LogP contribution is -2.44. The second kappa shape index (κ2) is 7.46. The summed E-state index contributed by atoms with van der Waals surface area (Å²) < 4.78 is 0. The van der Waals surface area contributed by atoms with Crippen LogP contribution in [-0.2, 0) is 0 Å². The van der Waals surface area contributed by atoms with Gasteiger partial charge in [-0.05, 0) is 44.4 Å². The number of anilines is 1. The number of aryl methyl sites for hydroxylation is 1. The van der Waals surface area contributed by atoms with Crippen molar-refractivity contribution in [2.24, 2.45) is 5.92 Å². The van der Waals surface area contributed by atoms with Crippen LogP contribution in [0.4, 0.5) is 10.5 Å². The van der Waals surface area contributed by atoms with Gasteiger partial charge >= 0.3 is 6.03 Å². The molecule has 1 heterocycles. The predicted octanol–water partition coefficient (Wildman–Crippen LogP) is 3.24. The molecule has 1 unspecified atom stereocenters. The molecule has 1 fully saturated rings. The largest absolute Gasteiger partial charge is 0.323 e. The van der Waals surface area contributed by atoms with Gasteiger partial charge in [-0.3, -0.25) is 0 Å². The van der Waals surface area contributed by atoms with E-state index >= 15 is 0 Å². The summed E-state index contributed by atoms with van der Waals surface area (Å²) in [6.07, 6.45) is 2.37. The molecule has 21 heavy (non-hydrogen) atoms. The minimum absolute atomic E-state index is 0.00116. The van der Waals surface area contributed by atoms with E-state index < -0.39 is 0 Å². The summed E-state index contributed by atoms with van der Waals surface area (Å²) in [6.45, 7) is 8.98. The molecule has 4 nitrogen and oxygen atoms in total. The average molecular weight is 289 g/mol. The fraction of sp³-hybridized carbons (Fsp3) is 0.588. The van der Waals surface area contributed by atoms with E-state index in [4.69, 9.17) is 0 Å². The standard InChI is InChI=1S/C17H27N3O/c1-13(2)11-20(12-16-5-4-10-18-16)17(21)19-15-8-6-14(3)7-9-15/h6-9,13,16,18H,4-5,10-12H2,1-3H3,(H,19,21). The first-order valence-corrected chi connectivity index (χ1v) is 7.90. The van der Waals surface area contributed by atoms with Crippen LogP contribution in [0.1, 0.15) is 32.3 Å². The van der Waals surface area contributed by atoms with Crippen molar-refractivity contribution in [2.45, 2.75) is 39.7 Å². The molecule has 1 aliphatic rings. The van der Waals surface area contributed by atoms with Gasteiger partial charge in [-0.2, -0.15) is 0 Å². The van der Waals surface area contributed by atoms with Gasteiger partial charge in [-0.15, -0.1) is 0 Å². The van der Waals surface area contributed by atoms with Crippen molar-refractivity contribution in [3.8, 4) is 0 Å². The quantitative estimate of drug-likeness (QED) is 0.874. The molecule has 0 aliphatic carbocycles. The molecule has 1 aromatic rings. The molecule has 1 atom stereocenters. The fourth-order valence-electron chi connectivity index (χ4n) is 2.70. The molecule has 0 aromatic heterocycles. The number of hydrogen-bond donors (Lipinski definition) is 2. The van der Waals surface area contributed by atoms with Gasteiger partial charge in [0.05, 0.1) is 0 Å². The van der Waals surface area contributed by atoms with Crippen LogP contribution in [0.3, 0.4) is 0 Å². The van der Waals surface area contributed by atoms with E-state index in [-0.39, 0.29) is 6.03 Å². The van der Waals surface area contributed by atoms with Crippen molar-refractivity contribution < 1.29 is 4.79 Å². The maximum atomic E-state index is 12.5. The van der Waals surface area contributed by atoms with E-state index in [0.29, 0.717) is 12.0 Å². The zero-order valence-electron chi connectivity index (χ0n) is 13.4. The predicted molar refractivity (Wildman–Crippen MR) is 87.6 cm³/mol. The SMILES string of the molecule is Cc1ccc(NC(=O)N(CC(C)C)CC2CCCN2)cc1. The number of carbonyl (C=O) groups excluding carboxylic acids is 1. The van der Waals surface area contributed by atoms with E-state index in [0.717, 1.165) is 31.7 Å². The minimum atomic E-state index is 0.00116. The van der Waals surface area contributed by atoms with Crippen molar-refractivity contribution in [3.63, 3.8) is 0 Å². The lowest BCUT2D eigenvalue weighted by molar-refractivity contribution is 0.198. The maximum Gasteiger partial charge on any atom is 0.321 e. The van der Waals surface area contributed by atoms with Crippen molar-refractivity contribution in [2.75, 3.05) is 25.0 Å². The highest BCUT2D eigenvalue weighted by molar-refractivity contribution is 5.89. The van der Waals surface area contributed by atoms with Gasteiger partial charge in [0.25, 0.3) is 0 Å². The lowest BCUT2D eigenvalue weighted by atomic mass is 10.1. The highest BCUT2D eigenvalue weighted by Crippen LogP contribution is 2.13. The van der Waals surface area contributed by atoms with E-state index in [1.54, 1.807) is 0 Å². The molecular weight excluding hydrogens is 262 g/mol. The number of nitrogens with zero attached hydrogens (tertiary/aromatic N) is 1. The third-order valence-electron chi connectivity index (χ3n) is 3.78. The highest BCUT2D eigenvalue weighted by atomic mass is 16.2. The van der Waals surface area contributed by atoms with Crippen LogP contribution in [0.25, 0.3) is 0 Å². The molecule has 4 heteroatoms. The summed E-state index contributed by atoms with van der Waals surface area (Å²) in [5.74, 6) is 0.468. The number of urea groups is 1. The Hall–Kier alpha value is -1.55. The summed E-state index contributed by atoms with van der Waals surface area (Å²) in [5.41, 5.74) is 2.06. The molecule has 0 radical (unpaired) electrons. The monoisotopic (exact) mass is 289 g/mol. The number of amides is 2. The first-order chi connectivity index (χ1) is 10.0. The van der Waals surface area contributed by atoms with Crippen molar-refractivity contribution in [3.05, 3.63) is 29.8 Å². The van der Waals surface area contributed by atoms with Gasteiger partial charge in [0.2, 0.25) is 0 Å². The van der Waals surface area contributed by atoms with Crippen molar-refractivity contribution >= 4 is 11.7 Å². The van der Waals surface area contributed by atoms with Gasteiger partial charge in [-0.1, -0.05) is 31.5 Å². The Labute approximate surface area is 127 Å². The molecule has 2 rings (SSSR count). The Morgan fingerprint density at radius 1 is 1.38 bits per heavy atom. The number of hydrogen-bond acceptors (Lipinski definition) is 2. The molecule has 116 valence electrons. The van der Waals surface area contributed by atoms with E-state index in [1.165, 1.54) is 12.0 Å². The number of rotatable bonds is 5. The topological polar surface area (TPSA) is 44.4 Å². The first kappa shape index (κ1) is 15.8. The van der Waals surface area contributed by atoms with Crippen LogP contribution in [0.5, 0.6) is 0 Å². The van der Waals surface area contributed by atoms with Gasteiger partial charge < -0.3 is 15.5 Å². The molecular formula is C17H27N3O. The third-order valence-corrected chi connectivity index (χ3v) is 3.78. The van der Waals surface area contributed by atoms with Gasteiger partial charge in [0, 0.05) is 24.8 Å². The Balaban J connectivity index is 1.97. The molecule has 1 aromatic carbocycles. The van der Waals surface area contributed by atoms with Crippen LogP contribution >= 0.6 is 0 Å². The summed E-state index contributed by atoms with van der Waals surface area (Å²) in [6, 6.07) is 8.37. The molecule has 1 aliphatic heterocycles. The van der Waals surface area contributed by atoms with E-state index in [9.17, 15) is 4.79 Å². The molecule has 2 N–H and O–H groups in total. The Morgan fingerprint density at radius 3 is 2.67 bits per heavy atom. The van der Waals surface area contributed by atoms with Crippen LogP contribution < -0.4 is 10.6 Å². The van der Waals surface area contributed by atoms with Crippen molar-refractivity contribution in [1.29, 1.82) is 0 Å². The van der Waals surface area contributed by atoms with Crippen LogP contribution in [0.15, 0.2) is 24.3 Å². The zero-order valence-corrected chi connectivity index (χ0v) is 13.4. The molecule has 2 amide bonds. The summed E-state index contributed by atoms with van der Waals surface area (Å²) in [7, 11) is 0. The van der Waals surface area contributed by atoms with E-state index in [1.807, 2.05) is 36.1 Å². The maximum absolute atomic E-state index is 12.5. The average Bonchev–Trinajstić information content (AvgIpc) is 2.93. The van der Waals surface area contributed by atoms with Crippen LogP contribution in [0.2, 0.25) is 0 Å². The lowest BCUT2D eigenvalue weighted by Gasteiger charge is -2.27. The van der Waals surface area contributed by atoms with Crippen LogP contribution in [-0.4, -0.2) is 36.6 Å². The summed E-state index contributed by atoms with van der Waals surface area (Å²) >= 11 is 0. The van der Waals surface area contributed by atoms with Gasteiger partial charge in [0.1, 0.15) is 0 Å². The van der Waals surface area contributed by atoms with Gasteiger partial charge in [-0.25, -0.2) is 4.79 Å². The van der Waals surface area contributed by atoms with Crippen molar-refractivity contribution in [1.82, 2.24) is 10.2 Å². The Morgan fingerprint density at radius 2 is 2.10 bits per heavy atom. The summed E-state index contributed by atoms with van der Waals surface area (Å²) in [4.78, 5) is 14.4. The van der Waals surface area contributed by atoms with Crippen LogP contribution in [0, 0.1) is 12.8 Å². The molecule has 0 spiro atoms. The second-order valence-electron chi connectivity index (χ2n) is 6.39. The second-order valence-corrected chi connectivity index (χ2v) is 6.39. The minimum Gasteiger partial charge on any atom is -0.323 e. The van der Waals surface area contributed by atoms with Gasteiger partial charge in [0.15, 0.2) is 0 Å². The first-order valence-electron chi connectivity index (χ1n) is 7.90. The molecule has 1 saturated heterocycles. The Kier molecular flexibility index (Phi) is 5.62. The Bertz CT molecular complexity index is 450. The third kappa shape index (κ3) is 5.05. The fourth-order valence-corrected chi connectivity index (χ4v) is 2.70. The number of carbonyl (C=O) groups is 1. The molecule has 0 bridgehead atoms. The molecule has 0 saturated carbocycles. The highest BCUT2D eigenvalue weighted by Gasteiger charge is 2.22. The zero-order chi connectivity index (χ0) is 15.2. The normalized spacial score (nSPS) is 18.0. The number of nitrogens with one attached hydrogen (secondary N) is 2.